The molecule has 1 N–H and O–H groups in total. The first-order valence-electron chi connectivity index (χ1n) is 21.0. The van der Waals surface area contributed by atoms with E-state index < -0.39 is 0 Å². The second kappa shape index (κ2) is 36.7. The Labute approximate surface area is 510 Å². The quantitative estimate of drug-likeness (QED) is 0.0957. The first kappa shape index (κ1) is 64.9. The van der Waals surface area contributed by atoms with Gasteiger partial charge in [-0.05, 0) is 65.2 Å². The Morgan fingerprint density at radius 1 is 0.319 bits per heavy atom. The zero-order valence-corrected chi connectivity index (χ0v) is 49.9. The van der Waals surface area contributed by atoms with Crippen LogP contribution in [0.2, 0.25) is 0 Å². The van der Waals surface area contributed by atoms with Crippen molar-refractivity contribution in [1.29, 1.82) is 0 Å². The maximum Gasteiger partial charge on any atom is 1.00 e. The van der Waals surface area contributed by atoms with Crippen molar-refractivity contribution in [2.45, 2.75) is 0 Å². The molecule has 0 spiro atoms. The van der Waals surface area contributed by atoms with Crippen LogP contribution < -0.4 is 163 Å². The summed E-state index contributed by atoms with van der Waals surface area (Å²) in [7, 11) is 6.39. The van der Waals surface area contributed by atoms with Crippen LogP contribution >= 0.6 is 0 Å². The summed E-state index contributed by atoms with van der Waals surface area (Å²) in [6.45, 7) is 0. The molecule has 0 aliphatic heterocycles. The van der Waals surface area contributed by atoms with Gasteiger partial charge in [0, 0.05) is 30.3 Å². The van der Waals surface area contributed by atoms with Gasteiger partial charge in [-0.2, -0.15) is 0 Å². The van der Waals surface area contributed by atoms with Crippen LogP contribution in [0.1, 0.15) is 22.3 Å². The number of nitrogens with one attached hydrogen (secondary N) is 1. The van der Waals surface area contributed by atoms with Crippen LogP contribution in [0.25, 0.3) is 0 Å². The van der Waals surface area contributed by atoms with Gasteiger partial charge in [0.15, 0.2) is 12.0 Å². The minimum absolute atomic E-state index is 0. The summed E-state index contributed by atoms with van der Waals surface area (Å²) in [5, 5.41) is 45.9. The molecule has 8 aromatic carbocycles. The summed E-state index contributed by atoms with van der Waals surface area (Å²) in [6.07, 6.45) is 6.35. The van der Waals surface area contributed by atoms with Crippen molar-refractivity contribution < 1.29 is 163 Å². The maximum atomic E-state index is 11.5. The third kappa shape index (κ3) is 21.5. The summed E-state index contributed by atoms with van der Waals surface area (Å²) >= 11 is 0. The molecule has 0 aliphatic carbocycles. The van der Waals surface area contributed by atoms with Gasteiger partial charge in [-0.3, -0.25) is 15.0 Å². The molecule has 0 saturated carbocycles. The standard InChI is InChI=1S/4C14H13NO2.4Na/c4*1-17-14-9-5-3-7-12(14)15-10-11-6-2-4-8-13(11)16;;;;/h4*2-10,16H,1H3;;;;/q;;;;4*+1/p-3. The number of nitrogens with zero attached hydrogens (tertiary/aromatic N) is 3. The number of ether oxygens (including phenoxy) is 4. The molecule has 0 heterocycles. The first-order valence-corrected chi connectivity index (χ1v) is 21.0. The average Bonchev–Trinajstić information content (AvgIpc) is 3.38. The van der Waals surface area contributed by atoms with E-state index in [-0.39, 0.29) is 141 Å². The molecule has 0 atom stereocenters. The Balaban J connectivity index is 0.000000471. The normalized spacial score (nSPS) is 10.1. The van der Waals surface area contributed by atoms with Gasteiger partial charge in [-0.1, -0.05) is 145 Å². The van der Waals surface area contributed by atoms with E-state index in [0.29, 0.717) is 56.6 Å². The fourth-order valence-corrected chi connectivity index (χ4v) is 5.91. The average molecular weight is 998 g/mol. The van der Waals surface area contributed by atoms with E-state index in [2.05, 4.69) is 20.0 Å². The Morgan fingerprint density at radius 3 is 0.875 bits per heavy atom. The molecule has 8 rings (SSSR count). The van der Waals surface area contributed by atoms with Crippen molar-refractivity contribution in [2.75, 3.05) is 28.4 Å². The third-order valence-electron chi connectivity index (χ3n) is 9.45. The fraction of sp³-hybridized carbons (Fsp3) is 0.0714. The Kier molecular flexibility index (Phi) is 33.1. The molecule has 0 unspecified atom stereocenters. The zero-order chi connectivity index (χ0) is 48.4. The van der Waals surface area contributed by atoms with Crippen molar-refractivity contribution in [3.8, 4) is 46.0 Å². The summed E-state index contributed by atoms with van der Waals surface area (Å²) in [6, 6.07) is 57.0. The molecule has 0 aromatic heterocycles. The number of para-hydroxylation sites is 12. The van der Waals surface area contributed by atoms with Crippen LogP contribution in [0.5, 0.6) is 46.0 Å². The Morgan fingerprint density at radius 2 is 0.569 bits per heavy atom. The van der Waals surface area contributed by atoms with E-state index in [4.69, 9.17) is 18.9 Å². The minimum atomic E-state index is -0.0360. The monoisotopic (exact) mass is 997 g/mol. The minimum Gasteiger partial charge on any atom is -0.872 e. The Bertz CT molecular complexity index is 2560. The molecular weight excluding hydrogens is 949 g/mol. The molecule has 0 amide bonds. The van der Waals surface area contributed by atoms with E-state index in [1.165, 1.54) is 24.3 Å². The third-order valence-corrected chi connectivity index (χ3v) is 9.45. The second-order valence-corrected chi connectivity index (χ2v) is 13.9. The largest absolute Gasteiger partial charge is 1.00 e. The topological polar surface area (TPSA) is 180 Å². The van der Waals surface area contributed by atoms with Crippen LogP contribution in [0.15, 0.2) is 209 Å². The molecule has 12 nitrogen and oxygen atoms in total. The van der Waals surface area contributed by atoms with E-state index >= 15 is 0 Å². The molecule has 0 bridgehead atoms. The molecule has 0 saturated heterocycles. The van der Waals surface area contributed by atoms with Crippen molar-refractivity contribution >= 4 is 47.6 Å². The van der Waals surface area contributed by atoms with Crippen molar-refractivity contribution in [2.24, 2.45) is 15.0 Å². The summed E-state index contributed by atoms with van der Waals surface area (Å²) in [5.41, 5.74) is 5.28. The second-order valence-electron chi connectivity index (χ2n) is 13.9. The molecule has 0 radical (unpaired) electrons. The molecule has 16 heteroatoms. The predicted octanol–water partition coefficient (Wildman–Crippen LogP) is -3.83. The molecular formula is C56H49N4Na4O8+. The van der Waals surface area contributed by atoms with Crippen molar-refractivity contribution in [1.82, 2.24) is 0 Å². The maximum absolute atomic E-state index is 11.5. The summed E-state index contributed by atoms with van der Waals surface area (Å²) < 4.78 is 20.7. The van der Waals surface area contributed by atoms with Gasteiger partial charge >= 0.3 is 118 Å². The smallest absolute Gasteiger partial charge is 0.872 e. The van der Waals surface area contributed by atoms with Gasteiger partial charge < -0.3 is 39.4 Å². The van der Waals surface area contributed by atoms with Gasteiger partial charge in [0.1, 0.15) is 34.3 Å². The molecule has 0 fully saturated rings. The van der Waals surface area contributed by atoms with Gasteiger partial charge in [-0.25, -0.2) is 4.99 Å². The zero-order valence-electron chi connectivity index (χ0n) is 41.9. The first-order chi connectivity index (χ1) is 33.2. The summed E-state index contributed by atoms with van der Waals surface area (Å²) in [5.74, 6) is 2.69. The van der Waals surface area contributed by atoms with Gasteiger partial charge in [0.25, 0.3) is 0 Å². The van der Waals surface area contributed by atoms with Crippen LogP contribution in [0.4, 0.5) is 22.7 Å². The summed E-state index contributed by atoms with van der Waals surface area (Å²) in [4.78, 5) is 15.8. The molecule has 8 aromatic rings. The van der Waals surface area contributed by atoms with Crippen molar-refractivity contribution in [3.05, 3.63) is 216 Å². The van der Waals surface area contributed by atoms with Crippen LogP contribution in [-0.4, -0.2) is 53.3 Å². The van der Waals surface area contributed by atoms with E-state index in [0.717, 1.165) is 11.4 Å². The SMILES string of the molecule is COc1ccccc1N=Cc1ccccc1[O-].COc1ccccc1N=Cc1ccccc1[O-].COc1ccccc1N=Cc1ccccc1[O-].COc1ccccc1[NH+]=Cc1ccccc1[O-].[Na+].[Na+].[Na+].[Na+]. The Hall–Kier alpha value is -5.16. The van der Waals surface area contributed by atoms with Gasteiger partial charge in [0.05, 0.1) is 28.4 Å². The van der Waals surface area contributed by atoms with E-state index in [9.17, 15) is 20.4 Å². The van der Waals surface area contributed by atoms with Gasteiger partial charge in [-0.15, -0.1) is 17.2 Å². The van der Waals surface area contributed by atoms with Gasteiger partial charge in [0.2, 0.25) is 5.69 Å². The van der Waals surface area contributed by atoms with E-state index in [1.54, 1.807) is 102 Å². The predicted molar refractivity (Wildman–Crippen MR) is 263 cm³/mol. The number of benzene rings is 8. The number of hydrogen-bond acceptors (Lipinski definition) is 11. The van der Waals surface area contributed by atoms with Crippen molar-refractivity contribution in [3.63, 3.8) is 0 Å². The van der Waals surface area contributed by atoms with Crippen LogP contribution in [0, 0.1) is 0 Å². The van der Waals surface area contributed by atoms with Crippen LogP contribution in [-0.2, 0) is 0 Å². The molecule has 344 valence electrons. The number of methoxy groups -OCH3 is 4. The van der Waals surface area contributed by atoms with E-state index in [1.807, 2.05) is 121 Å². The fourth-order valence-electron chi connectivity index (χ4n) is 5.91. The van der Waals surface area contributed by atoms with Crippen LogP contribution in [0.3, 0.4) is 0 Å². The molecule has 72 heavy (non-hydrogen) atoms. The molecule has 0 aliphatic rings. The number of rotatable bonds is 12. The number of aliphatic imine (C=N–C) groups is 3. The number of hydrogen-bond donors (Lipinski definition) is 1.